The number of halogens is 1. The predicted molar refractivity (Wildman–Crippen MR) is 93.1 cm³/mol. The molecule has 126 valence electrons. The molecule has 1 aliphatic heterocycles. The summed E-state index contributed by atoms with van der Waals surface area (Å²) >= 11 is 5.84. The van der Waals surface area contributed by atoms with Crippen LogP contribution in [0.5, 0.6) is 17.2 Å². The highest BCUT2D eigenvalue weighted by atomic mass is 35.5. The average Bonchev–Trinajstić information content (AvgIpc) is 3.22. The van der Waals surface area contributed by atoms with E-state index < -0.39 is 0 Å². The van der Waals surface area contributed by atoms with Gasteiger partial charge in [-0.3, -0.25) is 4.99 Å². The van der Waals surface area contributed by atoms with Crippen LogP contribution in [0.25, 0.3) is 5.69 Å². The molecule has 0 radical (unpaired) electrons. The van der Waals surface area contributed by atoms with E-state index in [0.717, 1.165) is 11.4 Å². The van der Waals surface area contributed by atoms with Crippen LogP contribution in [-0.4, -0.2) is 42.6 Å². The van der Waals surface area contributed by atoms with E-state index in [9.17, 15) is 0 Å². The number of nitrogens with one attached hydrogen (secondary N) is 1. The Morgan fingerprint density at radius 1 is 1.12 bits per heavy atom. The molecule has 0 atom stereocenters. The molecule has 1 aromatic carbocycles. The molecule has 2 heterocycles. The van der Waals surface area contributed by atoms with Crippen molar-refractivity contribution in [1.82, 2.24) is 9.55 Å². The zero-order valence-electron chi connectivity index (χ0n) is 13.5. The highest BCUT2D eigenvalue weighted by molar-refractivity contribution is 6.68. The van der Waals surface area contributed by atoms with Gasteiger partial charge >= 0.3 is 0 Å². The van der Waals surface area contributed by atoms with Gasteiger partial charge in [-0.25, -0.2) is 4.98 Å². The third kappa shape index (κ3) is 3.16. The molecule has 8 heteroatoms. The SMILES string of the molecule is COc1cc(-n2cnc(NC3=CC(Cl)=NC3)c2)cc(OC)c1OC. The number of aliphatic imine (C=N–C) groups is 1. The van der Waals surface area contributed by atoms with Gasteiger partial charge in [-0.15, -0.1) is 0 Å². The molecule has 0 saturated carbocycles. The minimum atomic E-state index is 0.488. The van der Waals surface area contributed by atoms with Crippen LogP contribution in [0.2, 0.25) is 0 Å². The maximum Gasteiger partial charge on any atom is 0.203 e. The van der Waals surface area contributed by atoms with Gasteiger partial charge in [-0.2, -0.15) is 0 Å². The van der Waals surface area contributed by atoms with E-state index in [4.69, 9.17) is 25.8 Å². The Labute approximate surface area is 144 Å². The minimum Gasteiger partial charge on any atom is -0.493 e. The van der Waals surface area contributed by atoms with Crippen molar-refractivity contribution >= 4 is 22.6 Å². The highest BCUT2D eigenvalue weighted by Crippen LogP contribution is 2.39. The fourth-order valence-corrected chi connectivity index (χ4v) is 2.57. The number of imidazole rings is 1. The zero-order valence-corrected chi connectivity index (χ0v) is 14.3. The Bertz CT molecular complexity index is 788. The Hall–Kier alpha value is -2.67. The van der Waals surface area contributed by atoms with Crippen LogP contribution in [0.15, 0.2) is 41.4 Å². The lowest BCUT2D eigenvalue weighted by Crippen LogP contribution is -2.00. The van der Waals surface area contributed by atoms with E-state index in [2.05, 4.69) is 15.3 Å². The van der Waals surface area contributed by atoms with Crippen LogP contribution in [0.1, 0.15) is 0 Å². The quantitative estimate of drug-likeness (QED) is 0.869. The summed E-state index contributed by atoms with van der Waals surface area (Å²) in [5, 5.41) is 3.67. The second-order valence-electron chi connectivity index (χ2n) is 4.98. The van der Waals surface area contributed by atoms with Crippen molar-refractivity contribution in [2.45, 2.75) is 0 Å². The van der Waals surface area contributed by atoms with Crippen molar-refractivity contribution in [3.8, 4) is 22.9 Å². The summed E-state index contributed by atoms with van der Waals surface area (Å²) in [7, 11) is 4.73. The predicted octanol–water partition coefficient (Wildman–Crippen LogP) is 2.84. The Morgan fingerprint density at radius 3 is 2.38 bits per heavy atom. The number of allylic oxidation sites excluding steroid dienone is 1. The molecule has 1 aliphatic rings. The van der Waals surface area contributed by atoms with Crippen molar-refractivity contribution in [2.75, 3.05) is 33.2 Å². The van der Waals surface area contributed by atoms with Crippen molar-refractivity contribution in [3.63, 3.8) is 0 Å². The molecule has 2 aromatic rings. The first-order chi connectivity index (χ1) is 11.6. The van der Waals surface area contributed by atoms with E-state index in [1.165, 1.54) is 0 Å². The smallest absolute Gasteiger partial charge is 0.203 e. The number of benzene rings is 1. The summed E-state index contributed by atoms with van der Waals surface area (Å²) in [6, 6.07) is 3.70. The second kappa shape index (κ2) is 6.84. The maximum absolute atomic E-state index is 5.84. The first-order valence-corrected chi connectivity index (χ1v) is 7.54. The fraction of sp³-hybridized carbons (Fsp3) is 0.250. The Kier molecular flexibility index (Phi) is 4.61. The van der Waals surface area contributed by atoms with Crippen molar-refractivity contribution in [3.05, 3.63) is 36.4 Å². The van der Waals surface area contributed by atoms with Crippen LogP contribution in [0.3, 0.4) is 0 Å². The van der Waals surface area contributed by atoms with Gasteiger partial charge in [0.15, 0.2) is 11.5 Å². The number of anilines is 1. The molecular formula is C16H17ClN4O3. The van der Waals surface area contributed by atoms with Gasteiger partial charge < -0.3 is 24.1 Å². The van der Waals surface area contributed by atoms with Crippen molar-refractivity contribution in [2.24, 2.45) is 4.99 Å². The lowest BCUT2D eigenvalue weighted by Gasteiger charge is -2.14. The Morgan fingerprint density at radius 2 is 1.83 bits per heavy atom. The third-order valence-corrected chi connectivity index (χ3v) is 3.74. The van der Waals surface area contributed by atoms with Gasteiger partial charge in [0.1, 0.15) is 17.3 Å². The zero-order chi connectivity index (χ0) is 17.1. The molecule has 1 aromatic heterocycles. The lowest BCUT2D eigenvalue weighted by molar-refractivity contribution is 0.324. The fourth-order valence-electron chi connectivity index (χ4n) is 2.38. The molecule has 0 saturated heterocycles. The summed E-state index contributed by atoms with van der Waals surface area (Å²) in [5.74, 6) is 2.39. The lowest BCUT2D eigenvalue weighted by atomic mass is 10.2. The van der Waals surface area contributed by atoms with Crippen LogP contribution < -0.4 is 19.5 Å². The summed E-state index contributed by atoms with van der Waals surface area (Å²) in [5.41, 5.74) is 1.73. The number of hydrogen-bond donors (Lipinski definition) is 1. The first kappa shape index (κ1) is 16.2. The van der Waals surface area contributed by atoms with Crippen LogP contribution in [0, 0.1) is 0 Å². The van der Waals surface area contributed by atoms with Crippen LogP contribution >= 0.6 is 11.6 Å². The van der Waals surface area contributed by atoms with E-state index in [1.54, 1.807) is 33.7 Å². The monoisotopic (exact) mass is 348 g/mol. The molecule has 0 spiro atoms. The molecule has 0 fully saturated rings. The molecule has 3 rings (SSSR count). The van der Waals surface area contributed by atoms with Gasteiger partial charge in [0.2, 0.25) is 5.75 Å². The molecular weight excluding hydrogens is 332 g/mol. The molecule has 7 nitrogen and oxygen atoms in total. The number of rotatable bonds is 6. The standard InChI is InChI=1S/C16H17ClN4O3/c1-22-12-5-11(6-13(23-2)16(12)24-3)21-8-15(19-9-21)20-10-4-14(17)18-7-10/h4-6,8-9,20H,7H2,1-3H3. The average molecular weight is 349 g/mol. The van der Waals surface area contributed by atoms with E-state index >= 15 is 0 Å². The van der Waals surface area contributed by atoms with Gasteiger partial charge in [0, 0.05) is 17.8 Å². The van der Waals surface area contributed by atoms with Crippen LogP contribution in [0.4, 0.5) is 5.82 Å². The first-order valence-electron chi connectivity index (χ1n) is 7.16. The summed E-state index contributed by atoms with van der Waals surface area (Å²) in [4.78, 5) is 8.43. The summed E-state index contributed by atoms with van der Waals surface area (Å²) in [6.45, 7) is 0.524. The topological polar surface area (TPSA) is 69.9 Å². The van der Waals surface area contributed by atoms with Gasteiger partial charge in [0.05, 0.1) is 39.8 Å². The molecule has 24 heavy (non-hydrogen) atoms. The molecule has 0 bridgehead atoms. The third-order valence-electron chi connectivity index (χ3n) is 3.51. The van der Waals surface area contributed by atoms with Crippen molar-refractivity contribution in [1.29, 1.82) is 0 Å². The van der Waals surface area contributed by atoms with Gasteiger partial charge in [-0.05, 0) is 6.08 Å². The number of ether oxygens (including phenoxy) is 3. The maximum atomic E-state index is 5.84. The number of methoxy groups -OCH3 is 3. The molecule has 1 N–H and O–H groups in total. The van der Waals surface area contributed by atoms with Crippen LogP contribution in [-0.2, 0) is 0 Å². The minimum absolute atomic E-state index is 0.488. The highest BCUT2D eigenvalue weighted by Gasteiger charge is 2.15. The second-order valence-corrected chi connectivity index (χ2v) is 5.37. The number of nitrogens with zero attached hydrogens (tertiary/aromatic N) is 3. The van der Waals surface area contributed by atoms with Gasteiger partial charge in [-0.1, -0.05) is 11.6 Å². The van der Waals surface area contributed by atoms with E-state index in [1.807, 2.05) is 22.9 Å². The molecule has 0 unspecified atom stereocenters. The normalized spacial score (nSPS) is 13.3. The summed E-state index contributed by atoms with van der Waals surface area (Å²) in [6.07, 6.45) is 5.33. The number of aromatic nitrogens is 2. The molecule has 0 amide bonds. The van der Waals surface area contributed by atoms with Crippen molar-refractivity contribution < 1.29 is 14.2 Å². The van der Waals surface area contributed by atoms with E-state index in [-0.39, 0.29) is 0 Å². The van der Waals surface area contributed by atoms with E-state index in [0.29, 0.717) is 34.8 Å². The Balaban J connectivity index is 1.88. The number of hydrogen-bond acceptors (Lipinski definition) is 6. The summed E-state index contributed by atoms with van der Waals surface area (Å²) < 4.78 is 17.9. The largest absolute Gasteiger partial charge is 0.493 e. The molecule has 0 aliphatic carbocycles. The van der Waals surface area contributed by atoms with Gasteiger partial charge in [0.25, 0.3) is 0 Å².